The molecular weight excluding hydrogens is 900 g/mol. The summed E-state index contributed by atoms with van der Waals surface area (Å²) in [4.78, 5) is 23.3. The molecule has 0 rings (SSSR count). The van der Waals surface area contributed by atoms with Gasteiger partial charge in [-0.05, 0) is 57.8 Å². The Morgan fingerprint density at radius 1 is 0.465 bits per heavy atom. The van der Waals surface area contributed by atoms with Crippen LogP contribution in [0.4, 0.5) is 0 Å². The number of rotatable bonds is 57. The van der Waals surface area contributed by atoms with Crippen molar-refractivity contribution in [3.63, 3.8) is 0 Å². The van der Waals surface area contributed by atoms with Crippen LogP contribution in [0.3, 0.4) is 0 Å². The Kier molecular flexibility index (Phi) is 52.6. The number of quaternary nitrogens is 1. The highest BCUT2D eigenvalue weighted by Crippen LogP contribution is 2.43. The van der Waals surface area contributed by atoms with E-state index >= 15 is 0 Å². The van der Waals surface area contributed by atoms with Gasteiger partial charge in [0.2, 0.25) is 5.91 Å². The van der Waals surface area contributed by atoms with Gasteiger partial charge in [-0.1, -0.05) is 275 Å². The number of phosphoric acid groups is 1. The van der Waals surface area contributed by atoms with Crippen molar-refractivity contribution in [2.45, 2.75) is 315 Å². The molecule has 3 atom stereocenters. The summed E-state index contributed by atoms with van der Waals surface area (Å²) >= 11 is 0. The molecule has 0 aromatic heterocycles. The van der Waals surface area contributed by atoms with Gasteiger partial charge in [0.05, 0.1) is 39.9 Å². The second-order valence-electron chi connectivity index (χ2n) is 22.4. The minimum atomic E-state index is -4.35. The average Bonchev–Trinajstić information content (AvgIpc) is 3.33. The number of likely N-dealkylation sites (N-methyl/N-ethyl adjacent to an activating group) is 1. The van der Waals surface area contributed by atoms with Crippen LogP contribution in [0.5, 0.6) is 0 Å². The third kappa shape index (κ3) is 56.3. The van der Waals surface area contributed by atoms with E-state index in [0.717, 1.165) is 38.5 Å². The number of aliphatic hydroxyl groups is 1. The maximum Gasteiger partial charge on any atom is 0.472 e. The Morgan fingerprint density at radius 2 is 0.775 bits per heavy atom. The van der Waals surface area contributed by atoms with Gasteiger partial charge in [0.15, 0.2) is 0 Å². The van der Waals surface area contributed by atoms with Crippen LogP contribution < -0.4 is 5.32 Å². The van der Waals surface area contributed by atoms with E-state index in [9.17, 15) is 19.4 Å². The highest BCUT2D eigenvalue weighted by atomic mass is 31.2. The molecule has 0 saturated heterocycles. The number of carbonyl (C=O) groups excluding carboxylic acids is 1. The maximum atomic E-state index is 13.0. The Labute approximate surface area is 442 Å². The molecule has 0 aromatic rings. The maximum absolute atomic E-state index is 13.0. The predicted octanol–water partition coefficient (Wildman–Crippen LogP) is 18.9. The number of nitrogens with one attached hydrogen (secondary N) is 1. The fraction of sp³-hybridized carbons (Fsp3) is 0.887. The number of nitrogens with zero attached hydrogens (tertiary/aromatic N) is 1. The largest absolute Gasteiger partial charge is 0.472 e. The first-order valence-electron chi connectivity index (χ1n) is 30.9. The van der Waals surface area contributed by atoms with Crippen LogP contribution in [-0.4, -0.2) is 73.4 Å². The molecule has 0 heterocycles. The molecular formula is C62H122N2O6P+. The summed E-state index contributed by atoms with van der Waals surface area (Å²) in [6.45, 7) is 4.84. The van der Waals surface area contributed by atoms with Gasteiger partial charge < -0.3 is 19.8 Å². The first-order chi connectivity index (χ1) is 34.5. The number of hydrogen-bond donors (Lipinski definition) is 3. The van der Waals surface area contributed by atoms with Crippen molar-refractivity contribution in [1.29, 1.82) is 0 Å². The van der Waals surface area contributed by atoms with Crippen LogP contribution in [0.1, 0.15) is 303 Å². The fourth-order valence-corrected chi connectivity index (χ4v) is 9.97. The van der Waals surface area contributed by atoms with Crippen LogP contribution in [0.15, 0.2) is 36.5 Å². The van der Waals surface area contributed by atoms with Crippen molar-refractivity contribution in [2.24, 2.45) is 0 Å². The van der Waals surface area contributed by atoms with Crippen LogP contribution in [-0.2, 0) is 18.4 Å². The van der Waals surface area contributed by atoms with Gasteiger partial charge in [-0.3, -0.25) is 13.8 Å². The lowest BCUT2D eigenvalue weighted by Gasteiger charge is -2.25. The Hall–Kier alpha value is -1.28. The fourth-order valence-electron chi connectivity index (χ4n) is 9.23. The van der Waals surface area contributed by atoms with Crippen molar-refractivity contribution in [3.8, 4) is 0 Å². The average molecular weight is 1020 g/mol. The van der Waals surface area contributed by atoms with Crippen LogP contribution in [0.2, 0.25) is 0 Å². The van der Waals surface area contributed by atoms with Crippen LogP contribution in [0.25, 0.3) is 0 Å². The summed E-state index contributed by atoms with van der Waals surface area (Å²) in [7, 11) is 1.57. The topological polar surface area (TPSA) is 105 Å². The molecule has 0 aliphatic carbocycles. The van der Waals surface area contributed by atoms with Crippen molar-refractivity contribution < 1.29 is 32.9 Å². The minimum Gasteiger partial charge on any atom is -0.387 e. The van der Waals surface area contributed by atoms with Gasteiger partial charge in [-0.15, -0.1) is 0 Å². The first-order valence-corrected chi connectivity index (χ1v) is 32.4. The summed E-state index contributed by atoms with van der Waals surface area (Å²) < 4.78 is 23.7. The van der Waals surface area contributed by atoms with Gasteiger partial charge in [-0.25, -0.2) is 4.57 Å². The number of phosphoric ester groups is 1. The van der Waals surface area contributed by atoms with Crippen molar-refractivity contribution >= 4 is 13.7 Å². The molecule has 3 unspecified atom stereocenters. The molecule has 0 radical (unpaired) electrons. The molecule has 0 aliphatic heterocycles. The second kappa shape index (κ2) is 53.5. The molecule has 9 heteroatoms. The van der Waals surface area contributed by atoms with Gasteiger partial charge in [0, 0.05) is 6.42 Å². The molecule has 0 aromatic carbocycles. The lowest BCUT2D eigenvalue weighted by Crippen LogP contribution is -2.45. The molecule has 0 aliphatic rings. The molecule has 0 spiro atoms. The molecule has 0 saturated carbocycles. The van der Waals surface area contributed by atoms with Gasteiger partial charge in [0.25, 0.3) is 0 Å². The Morgan fingerprint density at radius 3 is 1.13 bits per heavy atom. The molecule has 71 heavy (non-hydrogen) atoms. The summed E-state index contributed by atoms with van der Waals surface area (Å²) in [5.74, 6) is -0.182. The smallest absolute Gasteiger partial charge is 0.387 e. The van der Waals surface area contributed by atoms with Crippen LogP contribution >= 0.6 is 7.82 Å². The van der Waals surface area contributed by atoms with E-state index in [-0.39, 0.29) is 19.1 Å². The lowest BCUT2D eigenvalue weighted by molar-refractivity contribution is -0.870. The Balaban J connectivity index is 4.14. The van der Waals surface area contributed by atoms with E-state index in [2.05, 4.69) is 43.5 Å². The molecule has 1 amide bonds. The molecule has 8 nitrogen and oxygen atoms in total. The summed E-state index contributed by atoms with van der Waals surface area (Å²) in [6, 6.07) is -0.862. The first kappa shape index (κ1) is 69.7. The minimum absolute atomic E-state index is 0.0576. The standard InChI is InChI=1S/C62H121N2O6P/c1-6-8-10-12-14-16-18-20-22-24-26-28-29-30-31-32-33-34-35-36-38-40-42-44-46-48-50-52-54-56-62(66)63-60(59-70-71(67,68)69-58-57-64(3,4)5)61(65)55-53-51-49-47-45-43-41-39-37-27-25-23-21-19-17-15-13-11-9-7-2/h24,26,45,47,53,55,60-61,65H,6-23,25,27-44,46,48-52,54,56-59H2,1-5H3,(H-,63,66,67,68)/p+1/b26-24-,47-45+,55-53+. The highest BCUT2D eigenvalue weighted by molar-refractivity contribution is 7.47. The zero-order valence-corrected chi connectivity index (χ0v) is 48.9. The van der Waals surface area contributed by atoms with Crippen molar-refractivity contribution in [2.75, 3.05) is 40.9 Å². The van der Waals surface area contributed by atoms with Gasteiger partial charge >= 0.3 is 7.82 Å². The van der Waals surface area contributed by atoms with Crippen LogP contribution in [0, 0.1) is 0 Å². The van der Waals surface area contributed by atoms with E-state index in [1.165, 1.54) is 244 Å². The number of hydrogen-bond acceptors (Lipinski definition) is 5. The Bertz CT molecular complexity index is 1250. The zero-order valence-electron chi connectivity index (χ0n) is 48.0. The van der Waals surface area contributed by atoms with E-state index in [1.807, 2.05) is 27.2 Å². The number of allylic oxidation sites excluding steroid dienone is 5. The molecule has 0 fully saturated rings. The molecule has 3 N–H and O–H groups in total. The molecule has 420 valence electrons. The van der Waals surface area contributed by atoms with Crippen molar-refractivity contribution in [3.05, 3.63) is 36.5 Å². The third-order valence-corrected chi connectivity index (χ3v) is 15.1. The van der Waals surface area contributed by atoms with E-state index in [0.29, 0.717) is 17.4 Å². The summed E-state index contributed by atoms with van der Waals surface area (Å²) in [5, 5.41) is 13.9. The SMILES string of the molecule is CCCCCCCCCC/C=C\CCCCCCCCCCCCCCCCCCCC(=O)NC(COP(=O)(O)OCC[N+](C)(C)C)C(O)/C=C/CC/C=C/CCCCCCCCCCCCCCCC. The summed E-state index contributed by atoms with van der Waals surface area (Å²) in [5.41, 5.74) is 0. The number of unbranched alkanes of at least 4 members (excludes halogenated alkanes) is 40. The van der Waals surface area contributed by atoms with Gasteiger partial charge in [-0.2, -0.15) is 0 Å². The normalized spacial score (nSPS) is 14.1. The number of carbonyl (C=O) groups is 1. The van der Waals surface area contributed by atoms with E-state index in [4.69, 9.17) is 9.05 Å². The highest BCUT2D eigenvalue weighted by Gasteiger charge is 2.27. The second-order valence-corrected chi connectivity index (χ2v) is 23.9. The number of aliphatic hydroxyl groups excluding tert-OH is 1. The number of amides is 1. The lowest BCUT2D eigenvalue weighted by atomic mass is 10.0. The monoisotopic (exact) mass is 1020 g/mol. The predicted molar refractivity (Wildman–Crippen MR) is 309 cm³/mol. The van der Waals surface area contributed by atoms with E-state index < -0.39 is 20.0 Å². The van der Waals surface area contributed by atoms with E-state index in [1.54, 1.807) is 6.08 Å². The zero-order chi connectivity index (χ0) is 52.0. The van der Waals surface area contributed by atoms with Gasteiger partial charge in [0.1, 0.15) is 13.2 Å². The molecule has 0 bridgehead atoms. The van der Waals surface area contributed by atoms with Crippen molar-refractivity contribution in [1.82, 2.24) is 5.32 Å². The quantitative estimate of drug-likeness (QED) is 0.0243. The summed E-state index contributed by atoms with van der Waals surface area (Å²) in [6.07, 6.45) is 69.8. The third-order valence-electron chi connectivity index (χ3n) is 14.1.